The number of nitrogens with zero attached hydrogens (tertiary/aromatic N) is 1. The third kappa shape index (κ3) is 3.70. The highest BCUT2D eigenvalue weighted by Gasteiger charge is 2.84. The fourth-order valence-corrected chi connectivity index (χ4v) is 14.0. The fraction of sp³-hybridized carbons (Fsp3) is 0.346. The summed E-state index contributed by atoms with van der Waals surface area (Å²) >= 11 is 0. The smallest absolute Gasteiger partial charge is 0.0543 e. The van der Waals surface area contributed by atoms with Crippen LogP contribution in [0.3, 0.4) is 0 Å². The van der Waals surface area contributed by atoms with Gasteiger partial charge in [-0.2, -0.15) is 0 Å². The zero-order valence-corrected chi connectivity index (χ0v) is 31.6. The Kier molecular flexibility index (Phi) is 5.88. The summed E-state index contributed by atoms with van der Waals surface area (Å²) in [6.45, 7) is 9.76. The minimum atomic E-state index is 0.143. The van der Waals surface area contributed by atoms with Crippen molar-refractivity contribution in [2.75, 3.05) is 4.90 Å². The molecule has 262 valence electrons. The Hall–Kier alpha value is -4.62. The normalized spacial score (nSPS) is 29.9. The zero-order chi connectivity index (χ0) is 35.5. The second-order valence-electron chi connectivity index (χ2n) is 19.2. The van der Waals surface area contributed by atoms with Gasteiger partial charge in [-0.3, -0.25) is 0 Å². The molecule has 0 aromatic heterocycles. The van der Waals surface area contributed by atoms with E-state index in [1.807, 2.05) is 0 Å². The van der Waals surface area contributed by atoms with Gasteiger partial charge in [-0.25, -0.2) is 0 Å². The first-order chi connectivity index (χ1) is 25.7. The van der Waals surface area contributed by atoms with E-state index in [1.165, 1.54) is 99.7 Å². The summed E-state index contributed by atoms with van der Waals surface area (Å²) in [4.78, 5) is 2.58. The van der Waals surface area contributed by atoms with Crippen LogP contribution in [-0.4, -0.2) is 0 Å². The predicted octanol–water partition coefficient (Wildman–Crippen LogP) is 13.7. The van der Waals surface area contributed by atoms with E-state index in [0.29, 0.717) is 5.41 Å². The Balaban J connectivity index is 1.05. The molecule has 0 N–H and O–H groups in total. The second-order valence-corrected chi connectivity index (χ2v) is 19.2. The first kappa shape index (κ1) is 30.8. The van der Waals surface area contributed by atoms with Crippen LogP contribution in [-0.2, 0) is 16.2 Å². The first-order valence-corrected chi connectivity index (χ1v) is 20.5. The highest BCUT2D eigenvalue weighted by atomic mass is 15.1. The largest absolute Gasteiger partial charge is 0.310 e. The van der Waals surface area contributed by atoms with Crippen LogP contribution in [0.25, 0.3) is 33.0 Å². The van der Waals surface area contributed by atoms with Gasteiger partial charge in [-0.15, -0.1) is 0 Å². The number of rotatable bonds is 4. The van der Waals surface area contributed by atoms with Crippen molar-refractivity contribution >= 4 is 27.8 Å². The van der Waals surface area contributed by atoms with Crippen molar-refractivity contribution < 1.29 is 0 Å². The van der Waals surface area contributed by atoms with Gasteiger partial charge in [0.1, 0.15) is 0 Å². The van der Waals surface area contributed by atoms with Crippen LogP contribution in [0.2, 0.25) is 0 Å². The Bertz CT molecular complexity index is 2520. The second kappa shape index (κ2) is 10.1. The topological polar surface area (TPSA) is 3.24 Å². The van der Waals surface area contributed by atoms with Gasteiger partial charge in [0.2, 0.25) is 0 Å². The maximum atomic E-state index is 2.58. The lowest BCUT2D eigenvalue weighted by Gasteiger charge is -2.76. The Morgan fingerprint density at radius 2 is 1.23 bits per heavy atom. The van der Waals surface area contributed by atoms with E-state index in [-0.39, 0.29) is 16.2 Å². The first-order valence-electron chi connectivity index (χ1n) is 20.5. The van der Waals surface area contributed by atoms with Crippen LogP contribution < -0.4 is 4.90 Å². The van der Waals surface area contributed by atoms with Crippen molar-refractivity contribution in [3.8, 4) is 22.3 Å². The Morgan fingerprint density at radius 1 is 0.547 bits per heavy atom. The molecule has 6 atom stereocenters. The molecule has 2 bridgehead atoms. The molecule has 0 aliphatic heterocycles. The Labute approximate surface area is 315 Å². The molecule has 0 heterocycles. The quantitative estimate of drug-likeness (QED) is 0.178. The van der Waals surface area contributed by atoms with Crippen molar-refractivity contribution in [1.82, 2.24) is 0 Å². The predicted molar refractivity (Wildman–Crippen MR) is 220 cm³/mol. The van der Waals surface area contributed by atoms with Gasteiger partial charge in [0.05, 0.1) is 5.69 Å². The molecule has 4 saturated carbocycles. The maximum absolute atomic E-state index is 2.58. The van der Waals surface area contributed by atoms with Gasteiger partial charge in [-0.1, -0.05) is 125 Å². The number of hydrogen-bond acceptors (Lipinski definition) is 1. The van der Waals surface area contributed by atoms with Crippen molar-refractivity contribution in [2.45, 2.75) is 82.5 Å². The maximum Gasteiger partial charge on any atom is 0.0543 e. The average Bonchev–Trinajstić information content (AvgIpc) is 3.81. The van der Waals surface area contributed by atoms with Gasteiger partial charge in [0.25, 0.3) is 0 Å². The zero-order valence-electron chi connectivity index (χ0n) is 31.6. The molecule has 6 aromatic rings. The summed E-state index contributed by atoms with van der Waals surface area (Å²) in [5.41, 5.74) is 16.8. The summed E-state index contributed by atoms with van der Waals surface area (Å²) in [5.74, 6) is 3.54. The van der Waals surface area contributed by atoms with Crippen LogP contribution in [0.15, 0.2) is 127 Å². The minimum Gasteiger partial charge on any atom is -0.310 e. The van der Waals surface area contributed by atoms with E-state index in [2.05, 4.69) is 160 Å². The summed E-state index contributed by atoms with van der Waals surface area (Å²) in [7, 11) is 0. The van der Waals surface area contributed by atoms with Crippen LogP contribution >= 0.6 is 0 Å². The van der Waals surface area contributed by atoms with Crippen molar-refractivity contribution in [2.24, 2.45) is 29.1 Å². The molecule has 53 heavy (non-hydrogen) atoms. The van der Waals surface area contributed by atoms with Gasteiger partial charge in [0, 0.05) is 22.4 Å². The number of fused-ring (bicyclic) bond motifs is 10. The molecule has 2 spiro atoms. The van der Waals surface area contributed by atoms with Gasteiger partial charge in [0.15, 0.2) is 0 Å². The number of hydrogen-bond donors (Lipinski definition) is 0. The third-order valence-electron chi connectivity index (χ3n) is 16.2. The summed E-state index contributed by atoms with van der Waals surface area (Å²) in [6, 6.07) is 49.4. The lowest BCUT2D eigenvalue weighted by atomic mass is 9.27. The molecule has 1 heteroatoms. The van der Waals surface area contributed by atoms with E-state index in [4.69, 9.17) is 0 Å². The SMILES string of the molecule is CC1(C)CCC(C)(C)c2c(-c3ccc(N(c4ccc5ccccc5c4)c4cccc5c4-c4ccccc4C54C5CC6CC7CC4C75C6)cc3)cccc21. The monoisotopic (exact) mass is 687 g/mol. The third-order valence-corrected chi connectivity index (χ3v) is 16.2. The van der Waals surface area contributed by atoms with Crippen molar-refractivity contribution in [3.63, 3.8) is 0 Å². The molecule has 4 fully saturated rings. The van der Waals surface area contributed by atoms with E-state index < -0.39 is 0 Å². The molecular weight excluding hydrogens is 639 g/mol. The highest BCUT2D eigenvalue weighted by Crippen LogP contribution is 2.89. The van der Waals surface area contributed by atoms with Crippen LogP contribution in [0, 0.1) is 29.1 Å². The van der Waals surface area contributed by atoms with Crippen LogP contribution in [0.5, 0.6) is 0 Å². The Morgan fingerprint density at radius 3 is 2.08 bits per heavy atom. The van der Waals surface area contributed by atoms with Crippen LogP contribution in [0.1, 0.15) is 88.5 Å². The van der Waals surface area contributed by atoms with E-state index in [0.717, 1.165) is 23.7 Å². The summed E-state index contributed by atoms with van der Waals surface area (Å²) in [6.07, 6.45) is 8.30. The lowest BCUT2D eigenvalue weighted by Crippen LogP contribution is -2.73. The molecule has 6 aromatic carbocycles. The van der Waals surface area contributed by atoms with Crippen molar-refractivity contribution in [1.29, 1.82) is 0 Å². The summed E-state index contributed by atoms with van der Waals surface area (Å²) in [5, 5.41) is 2.56. The van der Waals surface area contributed by atoms with Gasteiger partial charge < -0.3 is 4.90 Å². The molecule has 6 aliphatic carbocycles. The van der Waals surface area contributed by atoms with Gasteiger partial charge >= 0.3 is 0 Å². The molecule has 6 unspecified atom stereocenters. The summed E-state index contributed by atoms with van der Waals surface area (Å²) < 4.78 is 0. The fourth-order valence-electron chi connectivity index (χ4n) is 14.0. The molecule has 6 aliphatic rings. The van der Waals surface area contributed by atoms with Crippen molar-refractivity contribution in [3.05, 3.63) is 150 Å². The minimum absolute atomic E-state index is 0.143. The van der Waals surface area contributed by atoms with E-state index in [1.54, 1.807) is 11.1 Å². The van der Waals surface area contributed by atoms with E-state index >= 15 is 0 Å². The average molecular weight is 688 g/mol. The van der Waals surface area contributed by atoms with E-state index in [9.17, 15) is 0 Å². The molecule has 0 saturated heterocycles. The molecule has 1 nitrogen and oxygen atoms in total. The lowest BCUT2D eigenvalue weighted by molar-refractivity contribution is -0.231. The highest BCUT2D eigenvalue weighted by molar-refractivity contribution is 5.98. The van der Waals surface area contributed by atoms with Gasteiger partial charge in [-0.05, 0) is 158 Å². The number of benzene rings is 6. The molecule has 12 rings (SSSR count). The molecule has 0 radical (unpaired) electrons. The molecular formula is C52H49N. The molecule has 0 amide bonds. The standard InChI is InChI=1S/C52H49N/c1-49(2)25-26-50(3,4)48-39(14-9-17-43(48)49)34-20-22-37(23-21-34)53(38-24-19-33-11-5-6-12-35(33)29-38)44-18-10-16-42-47(44)40-13-7-8-15-41(40)52(42)45-28-32-27-36-30-46(52)51(36,45)31-32/h5-24,29,32,36,45-46H,25-28,30-31H2,1-4H3. The number of anilines is 3. The van der Waals surface area contributed by atoms with Crippen LogP contribution in [0.4, 0.5) is 17.1 Å².